The number of carbonyl (C=O) groups is 8. The monoisotopic (exact) mass is 1730 g/mol. The average Bonchev–Trinajstić information content (AvgIpc) is 1.54. The molecule has 16 rings (SSSR count). The maximum absolute atomic E-state index is 13.7. The second-order valence-corrected chi connectivity index (χ2v) is 30.8. The molecule has 8 heterocycles. The van der Waals surface area contributed by atoms with Crippen molar-refractivity contribution in [3.8, 4) is 5.75 Å². The van der Waals surface area contributed by atoms with Crippen molar-refractivity contribution in [3.63, 3.8) is 0 Å². The van der Waals surface area contributed by atoms with Crippen LogP contribution in [0, 0.1) is 24.4 Å². The predicted octanol–water partition coefficient (Wildman–Crippen LogP) is 10.8. The number of halogens is 7. The van der Waals surface area contributed by atoms with Gasteiger partial charge < -0.3 is 93.1 Å². The fourth-order valence-corrected chi connectivity index (χ4v) is 13.9. The average molecular weight is 1730 g/mol. The first kappa shape index (κ1) is 88.3. The van der Waals surface area contributed by atoms with Crippen molar-refractivity contribution in [2.75, 3.05) is 49.6 Å². The maximum atomic E-state index is 13.7. The molecule has 25 nitrogen and oxygen atoms in total. The van der Waals surface area contributed by atoms with Gasteiger partial charge in [0.05, 0.1) is 61.1 Å². The minimum atomic E-state index is -0.544. The van der Waals surface area contributed by atoms with Gasteiger partial charge in [-0.3, -0.25) is 38.4 Å². The highest BCUT2D eigenvalue weighted by atomic mass is 79.9. The Labute approximate surface area is 685 Å². The van der Waals surface area contributed by atoms with Crippen LogP contribution in [0.2, 0.25) is 10.0 Å². The van der Waals surface area contributed by atoms with E-state index in [4.69, 9.17) is 73.8 Å². The largest absolute Gasteiger partial charge is 0.497 e. The third kappa shape index (κ3) is 25.2. The number of hydrogen-bond donors (Lipinski definition) is 16. The molecule has 114 heavy (non-hydrogen) atoms. The Kier molecular flexibility index (Phi) is 32.2. The van der Waals surface area contributed by atoms with Gasteiger partial charge in [-0.25, -0.2) is 13.2 Å². The lowest BCUT2D eigenvalue weighted by Crippen LogP contribution is -2.34. The lowest BCUT2D eigenvalue weighted by molar-refractivity contribution is -0.118. The topological polar surface area (TPSA) is 450 Å². The van der Waals surface area contributed by atoms with Gasteiger partial charge in [-0.05, 0) is 257 Å². The fraction of sp³-hybridized carbons (Fsp3) is 0.317. The summed E-state index contributed by atoms with van der Waals surface area (Å²) in [5, 5.41) is 23.1. The SMILES string of the molecule is COc1ccc2c(c1)NC(=O)C(N)CC2.Cc1ccc2c(c1F)NC(=O)C(N)CC2.NC1CCc2cc(Br)ccc2NC1=O.NC1CCc2cc(Cl)ccc2NC1=O.NC1CCc2cc(F)ccc2NC1=O.NC1CCc2ccc(Br)cc2NC1=O.NC1CCc2ccc(Cl)cc2NC1=O.NC1CCc2ccc(F)cc2NC1=O. The molecule has 32 heteroatoms. The zero-order chi connectivity index (χ0) is 82.6. The number of nitrogens with one attached hydrogen (secondary N) is 8. The van der Waals surface area contributed by atoms with E-state index in [-0.39, 0.29) is 76.8 Å². The van der Waals surface area contributed by atoms with Crippen LogP contribution >= 0.6 is 55.1 Å². The van der Waals surface area contributed by atoms with Crippen LogP contribution in [-0.4, -0.2) is 103 Å². The Morgan fingerprint density at radius 2 is 0.605 bits per heavy atom. The number of methoxy groups -OCH3 is 1. The molecule has 0 saturated heterocycles. The van der Waals surface area contributed by atoms with Gasteiger partial charge in [0, 0.05) is 64.9 Å². The van der Waals surface area contributed by atoms with Crippen LogP contribution in [0.1, 0.15) is 101 Å². The van der Waals surface area contributed by atoms with E-state index in [1.165, 1.54) is 24.3 Å². The summed E-state index contributed by atoms with van der Waals surface area (Å²) in [4.78, 5) is 91.3. The summed E-state index contributed by atoms with van der Waals surface area (Å²) in [5.74, 6) is -1.55. The summed E-state index contributed by atoms with van der Waals surface area (Å²) in [5.41, 5.74) is 59.5. The molecule has 0 radical (unpaired) electrons. The molecule has 8 aromatic carbocycles. The van der Waals surface area contributed by atoms with Gasteiger partial charge in [-0.15, -0.1) is 0 Å². The van der Waals surface area contributed by atoms with Crippen LogP contribution in [0.3, 0.4) is 0 Å². The second kappa shape index (κ2) is 41.6. The van der Waals surface area contributed by atoms with Crippen molar-refractivity contribution in [1.29, 1.82) is 0 Å². The number of hydrogen-bond acceptors (Lipinski definition) is 17. The number of benzene rings is 8. The van der Waals surface area contributed by atoms with Gasteiger partial charge in [0.2, 0.25) is 47.3 Å². The second-order valence-electron chi connectivity index (χ2n) is 28.1. The third-order valence-electron chi connectivity index (χ3n) is 19.7. The molecule has 8 amide bonds. The molecule has 0 fully saturated rings. The van der Waals surface area contributed by atoms with E-state index in [0.29, 0.717) is 103 Å². The number of anilines is 8. The zero-order valence-corrected chi connectivity index (χ0v) is 67.3. The smallest absolute Gasteiger partial charge is 0.241 e. The highest BCUT2D eigenvalue weighted by Crippen LogP contribution is 2.33. The van der Waals surface area contributed by atoms with Crippen LogP contribution in [0.25, 0.3) is 0 Å². The molecule has 8 aliphatic rings. The molecule has 0 saturated carbocycles. The fourth-order valence-electron chi connectivity index (χ4n) is 12.7. The number of fused-ring (bicyclic) bond motifs is 8. The van der Waals surface area contributed by atoms with Crippen molar-refractivity contribution < 1.29 is 56.3 Å². The van der Waals surface area contributed by atoms with E-state index in [0.717, 1.165) is 120 Å². The Morgan fingerprint density at radius 1 is 0.316 bits per heavy atom. The van der Waals surface area contributed by atoms with Crippen molar-refractivity contribution in [1.82, 2.24) is 0 Å². The quantitative estimate of drug-likeness (QED) is 0.0726. The minimum Gasteiger partial charge on any atom is -0.497 e. The molecule has 0 spiro atoms. The van der Waals surface area contributed by atoms with Gasteiger partial charge in [0.1, 0.15) is 23.2 Å². The van der Waals surface area contributed by atoms with Crippen LogP contribution in [-0.2, 0) is 89.7 Å². The van der Waals surface area contributed by atoms with Crippen LogP contribution in [0.4, 0.5) is 58.7 Å². The van der Waals surface area contributed by atoms with E-state index < -0.39 is 36.3 Å². The van der Waals surface area contributed by atoms with Crippen LogP contribution in [0.5, 0.6) is 5.75 Å². The molecule has 8 atom stereocenters. The van der Waals surface area contributed by atoms with E-state index in [1.54, 1.807) is 44.4 Å². The predicted molar refractivity (Wildman–Crippen MR) is 448 cm³/mol. The first-order valence-corrected chi connectivity index (χ1v) is 39.3. The molecule has 8 aliphatic heterocycles. The van der Waals surface area contributed by atoms with E-state index in [2.05, 4.69) is 74.4 Å². The van der Waals surface area contributed by atoms with Gasteiger partial charge >= 0.3 is 0 Å². The van der Waals surface area contributed by atoms with Gasteiger partial charge in [0.25, 0.3) is 0 Å². The lowest BCUT2D eigenvalue weighted by Gasteiger charge is -2.09. The number of rotatable bonds is 1. The Balaban J connectivity index is 0.000000149. The number of aryl methyl sites for hydroxylation is 9. The molecule has 0 aliphatic carbocycles. The first-order valence-electron chi connectivity index (χ1n) is 37.0. The van der Waals surface area contributed by atoms with Crippen LogP contribution in [0.15, 0.2) is 148 Å². The van der Waals surface area contributed by atoms with E-state index in [9.17, 15) is 51.5 Å². The van der Waals surface area contributed by atoms with Crippen molar-refractivity contribution in [2.24, 2.45) is 45.9 Å². The summed E-state index contributed by atoms with van der Waals surface area (Å²) in [7, 11) is 1.60. The third-order valence-corrected chi connectivity index (χ3v) is 21.2. The molecule has 8 aromatic rings. The highest BCUT2D eigenvalue weighted by Gasteiger charge is 2.28. The number of carbonyl (C=O) groups excluding carboxylic acids is 8. The van der Waals surface area contributed by atoms with E-state index >= 15 is 0 Å². The first-order chi connectivity index (χ1) is 54.3. The Hall–Kier alpha value is -9.67. The maximum Gasteiger partial charge on any atom is 0.241 e. The highest BCUT2D eigenvalue weighted by molar-refractivity contribution is 9.10. The molecular weight excluding hydrogens is 1640 g/mol. The summed E-state index contributed by atoms with van der Waals surface area (Å²) < 4.78 is 46.5. The summed E-state index contributed by atoms with van der Waals surface area (Å²) in [6.45, 7) is 1.67. The standard InChI is InChI=1S/C11H13FN2O.C11H14N2O2.2C10H11BrN2O.2C10H11ClN2O.2C10H11FN2O/c1-6-2-3-7-4-5-8(13)11(15)14-10(7)9(6)12;1-15-8-4-2-7-3-5-9(12)11(14)13-10(7)6-8;11-7-2-4-9-6(5-7)1-3-8(12)10(14)13-9;11-7-3-1-6-2-4-8(12)10(14)13-9(6)5-7;11-7-2-4-9-6(5-7)1-3-8(12)10(14)13-9;11-7-3-1-6-2-4-8(12)10(14)13-9(6)5-7;11-7-2-4-9-6(5-7)1-3-8(12)10(14)13-9;11-7-3-1-6-2-4-8(12)10(14)13-9(6)5-7/h2-3,8H,4-5,13H2,1H3,(H,14,15);2,4,6,9H,3,5,12H2,1H3,(H,13,14);2,4-5,8H,1,3,12H2,(H,13,14);1,3,5,8H,2,4,12H2,(H,13,14);2,4-5,8H,1,3,12H2,(H,13,14);1,3,5,8H,2,4,12H2,(H,13,14);2,4-5,8H,1,3,12H2,(H,13,14);1,3,5,8H,2,4,12H2,(H,13,14). The Morgan fingerprint density at radius 3 is 1.07 bits per heavy atom. The molecule has 24 N–H and O–H groups in total. The molecule has 8 unspecified atom stereocenters. The van der Waals surface area contributed by atoms with E-state index in [1.807, 2.05) is 84.9 Å². The molecule has 0 aromatic heterocycles. The van der Waals surface area contributed by atoms with Crippen molar-refractivity contribution in [3.05, 3.63) is 226 Å². The van der Waals surface area contributed by atoms with Gasteiger partial charge in [-0.2, -0.15) is 0 Å². The minimum absolute atomic E-state index is 0.0916. The van der Waals surface area contributed by atoms with Gasteiger partial charge in [0.15, 0.2) is 0 Å². The van der Waals surface area contributed by atoms with Crippen molar-refractivity contribution >= 4 is 148 Å². The van der Waals surface area contributed by atoms with Crippen LogP contribution < -0.4 is 93.1 Å². The summed E-state index contributed by atoms with van der Waals surface area (Å²) in [6.07, 6.45) is 11.2. The number of amides is 8. The molecule has 604 valence electrons. The summed E-state index contributed by atoms with van der Waals surface area (Å²) >= 11 is 18.5. The number of ether oxygens (including phenoxy) is 1. The zero-order valence-electron chi connectivity index (χ0n) is 62.7. The normalized spacial score (nSPS) is 20.8. The van der Waals surface area contributed by atoms with Crippen molar-refractivity contribution in [2.45, 2.75) is 158 Å². The Bertz CT molecular complexity index is 4530. The molecule has 0 bridgehead atoms. The number of nitrogens with two attached hydrogens (primary N) is 8. The summed E-state index contributed by atoms with van der Waals surface area (Å²) in [6, 6.07) is 37.1. The lowest BCUT2D eigenvalue weighted by atomic mass is 10.0. The van der Waals surface area contributed by atoms with Gasteiger partial charge in [-0.1, -0.05) is 91.5 Å². The molecular formula is C82H93Br2Cl2F3N16O9.